The summed E-state index contributed by atoms with van der Waals surface area (Å²) in [5.41, 5.74) is 1.74. The van der Waals surface area contributed by atoms with Gasteiger partial charge in [-0.2, -0.15) is 0 Å². The number of methoxy groups -OCH3 is 1. The first-order chi connectivity index (χ1) is 18.5. The predicted octanol–water partition coefficient (Wildman–Crippen LogP) is 4.91. The number of likely N-dealkylation sites (tertiary alicyclic amines) is 1. The normalized spacial score (nSPS) is 38.2. The van der Waals surface area contributed by atoms with Gasteiger partial charge >= 0.3 is 6.09 Å². The SMILES string of the molecule is COCOCCOC1C2C=CC[C@H]3[C@@]14CCC[C@@]1(C)CN(C(=O)OCc5ccccc5)C(=C[C@@]23CCO)[C@H]14. The Balaban J connectivity index is 1.36. The molecule has 1 aliphatic heterocycles. The molecule has 2 unspecified atom stereocenters. The lowest BCUT2D eigenvalue weighted by molar-refractivity contribution is -0.132. The molecular formula is C31H41NO6. The Kier molecular flexibility index (Phi) is 6.92. The van der Waals surface area contributed by atoms with Crippen LogP contribution >= 0.6 is 0 Å². The Morgan fingerprint density at radius 2 is 2.03 bits per heavy atom. The number of hydrogen-bond acceptors (Lipinski definition) is 6. The van der Waals surface area contributed by atoms with E-state index in [-0.39, 0.29) is 60.3 Å². The first kappa shape index (κ1) is 26.1. The van der Waals surface area contributed by atoms with Crippen molar-refractivity contribution in [3.63, 3.8) is 0 Å². The molecule has 38 heavy (non-hydrogen) atoms. The van der Waals surface area contributed by atoms with E-state index in [4.69, 9.17) is 18.9 Å². The molecule has 1 spiro atoms. The third kappa shape index (κ3) is 3.80. The van der Waals surface area contributed by atoms with Gasteiger partial charge in [-0.15, -0.1) is 0 Å². The largest absolute Gasteiger partial charge is 0.444 e. The second-order valence-electron chi connectivity index (χ2n) is 12.2. The van der Waals surface area contributed by atoms with Gasteiger partial charge < -0.3 is 24.1 Å². The number of hydrogen-bond donors (Lipinski definition) is 1. The van der Waals surface area contributed by atoms with Crippen molar-refractivity contribution in [1.29, 1.82) is 0 Å². The topological polar surface area (TPSA) is 77.5 Å². The second-order valence-corrected chi connectivity index (χ2v) is 12.2. The Morgan fingerprint density at radius 3 is 2.82 bits per heavy atom. The van der Waals surface area contributed by atoms with Crippen molar-refractivity contribution in [2.45, 2.75) is 51.7 Å². The number of allylic oxidation sites excluding steroid dienone is 3. The predicted molar refractivity (Wildman–Crippen MR) is 142 cm³/mol. The molecule has 4 bridgehead atoms. The number of amides is 1. The van der Waals surface area contributed by atoms with Crippen LogP contribution in [0.5, 0.6) is 0 Å². The number of rotatable bonds is 10. The maximum Gasteiger partial charge on any atom is 0.414 e. The van der Waals surface area contributed by atoms with Crippen molar-refractivity contribution in [3.05, 3.63) is 59.8 Å². The molecule has 206 valence electrons. The highest BCUT2D eigenvalue weighted by Gasteiger charge is 2.76. The van der Waals surface area contributed by atoms with Crippen LogP contribution in [0, 0.1) is 34.0 Å². The van der Waals surface area contributed by atoms with E-state index < -0.39 is 0 Å². The molecule has 1 heterocycles. The van der Waals surface area contributed by atoms with E-state index in [1.807, 2.05) is 35.2 Å². The molecule has 3 fully saturated rings. The van der Waals surface area contributed by atoms with E-state index in [0.717, 1.165) is 36.9 Å². The summed E-state index contributed by atoms with van der Waals surface area (Å²) < 4.78 is 23.3. The van der Waals surface area contributed by atoms with Crippen LogP contribution in [0.25, 0.3) is 0 Å². The summed E-state index contributed by atoms with van der Waals surface area (Å²) in [5.74, 6) is 0.772. The number of carbonyl (C=O) groups is 1. The summed E-state index contributed by atoms with van der Waals surface area (Å²) in [7, 11) is 1.62. The summed E-state index contributed by atoms with van der Waals surface area (Å²) >= 11 is 0. The fraction of sp³-hybridized carbons (Fsp3) is 0.645. The first-order valence-electron chi connectivity index (χ1n) is 14.2. The molecule has 6 rings (SSSR count). The minimum absolute atomic E-state index is 0.0163. The number of benzene rings is 1. The van der Waals surface area contributed by atoms with E-state index in [1.165, 1.54) is 0 Å². The Bertz CT molecular complexity index is 1090. The maximum atomic E-state index is 13.6. The van der Waals surface area contributed by atoms with Gasteiger partial charge in [-0.1, -0.05) is 61.9 Å². The number of aliphatic hydroxyl groups excluding tert-OH is 1. The van der Waals surface area contributed by atoms with Crippen molar-refractivity contribution < 1.29 is 28.8 Å². The van der Waals surface area contributed by atoms with Crippen LogP contribution in [0.2, 0.25) is 0 Å². The lowest BCUT2D eigenvalue weighted by Gasteiger charge is -2.57. The quantitative estimate of drug-likeness (QED) is 0.267. The molecule has 0 radical (unpaired) electrons. The van der Waals surface area contributed by atoms with E-state index in [1.54, 1.807) is 7.11 Å². The van der Waals surface area contributed by atoms with Crippen LogP contribution in [-0.2, 0) is 25.6 Å². The van der Waals surface area contributed by atoms with E-state index in [2.05, 4.69) is 25.2 Å². The van der Waals surface area contributed by atoms with Crippen LogP contribution in [0.3, 0.4) is 0 Å². The highest BCUT2D eigenvalue weighted by atomic mass is 16.7. The van der Waals surface area contributed by atoms with Crippen LogP contribution in [0.4, 0.5) is 4.79 Å². The zero-order valence-electron chi connectivity index (χ0n) is 22.6. The van der Waals surface area contributed by atoms with E-state index in [0.29, 0.717) is 32.1 Å². The number of nitrogens with zero attached hydrogens (tertiary/aromatic N) is 1. The minimum atomic E-state index is -0.266. The van der Waals surface area contributed by atoms with Crippen LogP contribution in [0.1, 0.15) is 44.6 Å². The molecule has 7 atom stereocenters. The summed E-state index contributed by atoms with van der Waals surface area (Å²) in [6.45, 7) is 4.65. The zero-order valence-corrected chi connectivity index (χ0v) is 22.6. The van der Waals surface area contributed by atoms with Gasteiger partial charge in [0.2, 0.25) is 0 Å². The van der Waals surface area contributed by atoms with Crippen molar-refractivity contribution in [2.24, 2.45) is 34.0 Å². The average Bonchev–Trinajstić information content (AvgIpc) is 3.19. The standard InChI is InChI=1S/C31H41NO6/c1-29-12-7-13-31-25-11-6-10-23(27(31)37-17-16-36-21-35-2)30(25,14-15-33)18-24(26(29)31)32(20-29)28(34)38-19-22-8-4-3-5-9-22/h3-6,8-10,18,23,25-27,33H,7,11-17,19-21H2,1-2H3/t23?,25-,26-,27?,29+,30+,31-/m1/s1. The molecular weight excluding hydrogens is 482 g/mol. The van der Waals surface area contributed by atoms with Crippen molar-refractivity contribution in [2.75, 3.05) is 40.3 Å². The molecule has 1 saturated heterocycles. The molecule has 1 N–H and O–H groups in total. The van der Waals surface area contributed by atoms with Crippen molar-refractivity contribution in [3.8, 4) is 0 Å². The molecule has 1 aromatic rings. The van der Waals surface area contributed by atoms with E-state index >= 15 is 0 Å². The summed E-state index contributed by atoms with van der Waals surface area (Å²) in [6, 6.07) is 9.86. The third-order valence-electron chi connectivity index (χ3n) is 10.3. The van der Waals surface area contributed by atoms with Crippen LogP contribution in [0.15, 0.2) is 54.3 Å². The monoisotopic (exact) mass is 523 g/mol. The van der Waals surface area contributed by atoms with Crippen molar-refractivity contribution in [1.82, 2.24) is 4.90 Å². The van der Waals surface area contributed by atoms with Gasteiger partial charge in [0.25, 0.3) is 0 Å². The maximum absolute atomic E-state index is 13.6. The smallest absolute Gasteiger partial charge is 0.414 e. The highest BCUT2D eigenvalue weighted by molar-refractivity contribution is 5.72. The van der Waals surface area contributed by atoms with E-state index in [9.17, 15) is 9.90 Å². The van der Waals surface area contributed by atoms with Gasteiger partial charge in [0.05, 0.1) is 19.3 Å². The lowest BCUT2D eigenvalue weighted by atomic mass is 9.47. The summed E-state index contributed by atoms with van der Waals surface area (Å²) in [5, 5.41) is 10.3. The summed E-state index contributed by atoms with van der Waals surface area (Å²) in [6.07, 6.45) is 11.8. The van der Waals surface area contributed by atoms with Gasteiger partial charge in [-0.25, -0.2) is 4.79 Å². The van der Waals surface area contributed by atoms with Gasteiger partial charge in [-0.05, 0) is 42.6 Å². The molecule has 5 aliphatic rings. The molecule has 1 amide bonds. The fourth-order valence-corrected chi connectivity index (χ4v) is 9.30. The molecule has 4 aliphatic carbocycles. The van der Waals surface area contributed by atoms with Gasteiger partial charge in [0.1, 0.15) is 13.4 Å². The number of aliphatic hydroxyl groups is 1. The highest BCUT2D eigenvalue weighted by Crippen LogP contribution is 2.77. The summed E-state index contributed by atoms with van der Waals surface area (Å²) in [4.78, 5) is 15.6. The Labute approximate surface area is 225 Å². The first-order valence-corrected chi connectivity index (χ1v) is 14.2. The van der Waals surface area contributed by atoms with Crippen molar-refractivity contribution >= 4 is 6.09 Å². The minimum Gasteiger partial charge on any atom is -0.444 e. The number of ether oxygens (including phenoxy) is 4. The molecule has 7 heteroatoms. The molecule has 2 saturated carbocycles. The number of carbonyl (C=O) groups excluding carboxylic acids is 1. The van der Waals surface area contributed by atoms with Gasteiger partial charge in [0, 0.05) is 48.6 Å². The second kappa shape index (κ2) is 10.1. The molecule has 7 nitrogen and oxygen atoms in total. The Morgan fingerprint density at radius 1 is 1.18 bits per heavy atom. The van der Waals surface area contributed by atoms with Crippen LogP contribution in [-0.4, -0.2) is 62.5 Å². The third-order valence-corrected chi connectivity index (χ3v) is 10.3. The molecule has 0 aromatic heterocycles. The average molecular weight is 524 g/mol. The Hall–Kier alpha value is -2.19. The fourth-order valence-electron chi connectivity index (χ4n) is 9.30. The lowest BCUT2D eigenvalue weighted by Crippen LogP contribution is -2.54. The van der Waals surface area contributed by atoms with Gasteiger partial charge in [-0.3, -0.25) is 4.90 Å². The van der Waals surface area contributed by atoms with Crippen LogP contribution < -0.4 is 0 Å². The van der Waals surface area contributed by atoms with Gasteiger partial charge in [0.15, 0.2) is 0 Å². The molecule has 1 aromatic carbocycles. The zero-order chi connectivity index (χ0) is 26.4.